The molecule has 0 unspecified atom stereocenters. The summed E-state index contributed by atoms with van der Waals surface area (Å²) in [4.78, 5) is 27.1. The van der Waals surface area contributed by atoms with Crippen LogP contribution in [0, 0.1) is 5.41 Å². The molecule has 212 valence electrons. The van der Waals surface area contributed by atoms with Crippen LogP contribution in [0.3, 0.4) is 0 Å². The van der Waals surface area contributed by atoms with Gasteiger partial charge in [-0.3, -0.25) is 4.79 Å². The van der Waals surface area contributed by atoms with Crippen LogP contribution in [0.1, 0.15) is 49.0 Å². The molecule has 2 saturated heterocycles. The minimum atomic E-state index is -4.49. The standard InChI is InChI=1S/C28H33F3N2O6/c1-3-37-22-13-19(14-23(38-4-2)25(22)39-18-28(29,30)31)16-32-11-9-27(10-12-32)15-24(34)33(17-27)21-7-5-20(6-8-21)26(35)36/h5-8,13-14H,3-4,9-12,15-18H2,1-2H3,(H,35,36)/p+1. The van der Waals surface area contributed by atoms with E-state index < -0.39 is 18.8 Å². The third-order valence-electron chi connectivity index (χ3n) is 7.28. The Balaban J connectivity index is 1.43. The second kappa shape index (κ2) is 11.7. The van der Waals surface area contributed by atoms with E-state index in [1.165, 1.54) is 17.0 Å². The van der Waals surface area contributed by atoms with Crippen LogP contribution in [-0.2, 0) is 11.3 Å². The number of amides is 1. The molecule has 0 aliphatic carbocycles. The van der Waals surface area contributed by atoms with Gasteiger partial charge in [-0.05, 0) is 50.2 Å². The number of benzene rings is 2. The fourth-order valence-corrected chi connectivity index (χ4v) is 5.40. The van der Waals surface area contributed by atoms with Crippen molar-refractivity contribution in [2.45, 2.75) is 45.8 Å². The highest BCUT2D eigenvalue weighted by Gasteiger charge is 2.46. The summed E-state index contributed by atoms with van der Waals surface area (Å²) in [7, 11) is 0. The molecule has 2 N–H and O–H groups in total. The van der Waals surface area contributed by atoms with Crippen molar-refractivity contribution in [1.29, 1.82) is 0 Å². The Morgan fingerprint density at radius 1 is 1.03 bits per heavy atom. The number of aromatic carboxylic acids is 1. The molecule has 0 aromatic heterocycles. The van der Waals surface area contributed by atoms with Gasteiger partial charge >= 0.3 is 12.1 Å². The average Bonchev–Trinajstić information content (AvgIpc) is 3.20. The molecule has 4 rings (SSSR count). The highest BCUT2D eigenvalue weighted by molar-refractivity contribution is 5.97. The number of carbonyl (C=O) groups is 2. The normalized spacial score (nSPS) is 21.3. The highest BCUT2D eigenvalue weighted by Crippen LogP contribution is 2.42. The minimum absolute atomic E-state index is 0.0404. The van der Waals surface area contributed by atoms with Gasteiger partial charge in [0.2, 0.25) is 11.7 Å². The highest BCUT2D eigenvalue weighted by atomic mass is 19.4. The van der Waals surface area contributed by atoms with Gasteiger partial charge in [0.1, 0.15) is 6.54 Å². The predicted molar refractivity (Wildman–Crippen MR) is 137 cm³/mol. The van der Waals surface area contributed by atoms with Gasteiger partial charge in [-0.25, -0.2) is 4.79 Å². The maximum atomic E-state index is 12.9. The summed E-state index contributed by atoms with van der Waals surface area (Å²) in [6.45, 7) is 5.49. The molecule has 2 aromatic carbocycles. The van der Waals surface area contributed by atoms with Crippen molar-refractivity contribution < 1.29 is 47.0 Å². The lowest BCUT2D eigenvalue weighted by Gasteiger charge is -2.36. The number of rotatable bonds is 10. The zero-order chi connectivity index (χ0) is 28.2. The molecule has 0 saturated carbocycles. The van der Waals surface area contributed by atoms with E-state index in [1.54, 1.807) is 43.0 Å². The van der Waals surface area contributed by atoms with E-state index in [0.29, 0.717) is 25.2 Å². The van der Waals surface area contributed by atoms with Gasteiger partial charge in [0, 0.05) is 42.5 Å². The summed E-state index contributed by atoms with van der Waals surface area (Å²) in [6.07, 6.45) is -2.34. The fraction of sp³-hybridized carbons (Fsp3) is 0.500. The summed E-state index contributed by atoms with van der Waals surface area (Å²) in [5.41, 5.74) is 1.62. The predicted octanol–water partition coefficient (Wildman–Crippen LogP) is 3.73. The van der Waals surface area contributed by atoms with Crippen molar-refractivity contribution in [3.8, 4) is 17.2 Å². The van der Waals surface area contributed by atoms with Gasteiger partial charge in [0.25, 0.3) is 0 Å². The van der Waals surface area contributed by atoms with Gasteiger partial charge in [-0.1, -0.05) is 0 Å². The van der Waals surface area contributed by atoms with Gasteiger partial charge in [0.15, 0.2) is 18.1 Å². The first kappa shape index (κ1) is 28.5. The Hall–Kier alpha value is -3.47. The number of carboxylic acid groups (broad SMARTS) is 1. The Bertz CT molecular complexity index is 1150. The number of nitrogens with one attached hydrogen (secondary N) is 1. The molecule has 0 radical (unpaired) electrons. The van der Waals surface area contributed by atoms with E-state index in [2.05, 4.69) is 0 Å². The molecule has 2 aliphatic rings. The Morgan fingerprint density at radius 3 is 2.13 bits per heavy atom. The third kappa shape index (κ3) is 6.95. The van der Waals surface area contributed by atoms with Gasteiger partial charge in [-0.15, -0.1) is 0 Å². The second-order valence-corrected chi connectivity index (χ2v) is 10.1. The maximum Gasteiger partial charge on any atom is 0.422 e. The Kier molecular flexibility index (Phi) is 8.58. The van der Waals surface area contributed by atoms with E-state index in [9.17, 15) is 22.8 Å². The molecular formula is C28H34F3N2O6+. The molecule has 2 heterocycles. The largest absolute Gasteiger partial charge is 0.490 e. The minimum Gasteiger partial charge on any atom is -0.490 e. The molecule has 1 spiro atoms. The quantitative estimate of drug-likeness (QED) is 0.468. The van der Waals surface area contributed by atoms with Crippen molar-refractivity contribution in [3.05, 3.63) is 47.5 Å². The summed E-state index contributed by atoms with van der Waals surface area (Å²) >= 11 is 0. The van der Waals surface area contributed by atoms with Crippen LogP contribution in [-0.4, -0.2) is 62.6 Å². The molecule has 11 heteroatoms. The number of ether oxygens (including phenoxy) is 3. The first-order valence-electron chi connectivity index (χ1n) is 13.1. The molecule has 2 fully saturated rings. The van der Waals surface area contributed by atoms with Gasteiger partial charge in [0.05, 0.1) is 31.9 Å². The molecule has 2 aliphatic heterocycles. The SMILES string of the molecule is CCOc1cc(C[NH+]2CCC3(CC2)CC(=O)N(c2ccc(C(=O)O)cc2)C3)cc(OCC)c1OCC(F)(F)F. The zero-order valence-electron chi connectivity index (χ0n) is 22.1. The molecular weight excluding hydrogens is 517 g/mol. The number of anilines is 1. The van der Waals surface area contributed by atoms with Crippen LogP contribution < -0.4 is 24.0 Å². The number of piperidine rings is 1. The van der Waals surface area contributed by atoms with E-state index >= 15 is 0 Å². The van der Waals surface area contributed by atoms with E-state index in [1.807, 2.05) is 0 Å². The number of carboxylic acids is 1. The lowest BCUT2D eigenvalue weighted by molar-refractivity contribution is -0.921. The Labute approximate surface area is 225 Å². The number of nitrogens with zero attached hydrogens (tertiary/aromatic N) is 1. The van der Waals surface area contributed by atoms with E-state index in [-0.39, 0.29) is 47.3 Å². The van der Waals surface area contributed by atoms with Crippen molar-refractivity contribution in [2.24, 2.45) is 5.41 Å². The van der Waals surface area contributed by atoms with Gasteiger partial charge < -0.3 is 29.1 Å². The van der Waals surface area contributed by atoms with Crippen LogP contribution >= 0.6 is 0 Å². The van der Waals surface area contributed by atoms with Crippen LogP contribution in [0.4, 0.5) is 18.9 Å². The molecule has 2 aromatic rings. The number of alkyl halides is 3. The van der Waals surface area contributed by atoms with Crippen molar-refractivity contribution in [3.63, 3.8) is 0 Å². The summed E-state index contributed by atoms with van der Waals surface area (Å²) < 4.78 is 54.8. The smallest absolute Gasteiger partial charge is 0.422 e. The number of carbonyl (C=O) groups excluding carboxylic acids is 1. The fourth-order valence-electron chi connectivity index (χ4n) is 5.40. The maximum absolute atomic E-state index is 12.9. The first-order valence-corrected chi connectivity index (χ1v) is 13.1. The second-order valence-electron chi connectivity index (χ2n) is 10.1. The lowest BCUT2D eigenvalue weighted by atomic mass is 9.77. The number of hydrogen-bond donors (Lipinski definition) is 2. The lowest BCUT2D eigenvalue weighted by Crippen LogP contribution is -3.12. The molecule has 8 nitrogen and oxygen atoms in total. The third-order valence-corrected chi connectivity index (χ3v) is 7.28. The van der Waals surface area contributed by atoms with E-state index in [0.717, 1.165) is 31.5 Å². The van der Waals surface area contributed by atoms with Crippen LogP contribution in [0.15, 0.2) is 36.4 Å². The number of quaternary nitrogens is 1. The summed E-state index contributed by atoms with van der Waals surface area (Å²) in [5, 5.41) is 9.13. The topological polar surface area (TPSA) is 89.7 Å². The zero-order valence-corrected chi connectivity index (χ0v) is 22.1. The van der Waals surface area contributed by atoms with Crippen molar-refractivity contribution >= 4 is 17.6 Å². The number of halogens is 3. The van der Waals surface area contributed by atoms with Crippen LogP contribution in [0.2, 0.25) is 0 Å². The molecule has 0 atom stereocenters. The molecule has 1 amide bonds. The van der Waals surface area contributed by atoms with Crippen molar-refractivity contribution in [2.75, 3.05) is 44.4 Å². The van der Waals surface area contributed by atoms with Crippen molar-refractivity contribution in [1.82, 2.24) is 0 Å². The van der Waals surface area contributed by atoms with Gasteiger partial charge in [-0.2, -0.15) is 13.2 Å². The molecule has 39 heavy (non-hydrogen) atoms. The summed E-state index contributed by atoms with van der Waals surface area (Å²) in [6, 6.07) is 9.81. The van der Waals surface area contributed by atoms with Crippen LogP contribution in [0.5, 0.6) is 17.2 Å². The first-order chi connectivity index (χ1) is 18.5. The molecule has 0 bridgehead atoms. The monoisotopic (exact) mass is 551 g/mol. The van der Waals surface area contributed by atoms with Crippen LogP contribution in [0.25, 0.3) is 0 Å². The Morgan fingerprint density at radius 2 is 1.62 bits per heavy atom. The summed E-state index contributed by atoms with van der Waals surface area (Å²) in [5.74, 6) is -0.568. The number of hydrogen-bond acceptors (Lipinski definition) is 5. The number of likely N-dealkylation sites (tertiary alicyclic amines) is 1. The van der Waals surface area contributed by atoms with E-state index in [4.69, 9.17) is 19.3 Å². The average molecular weight is 552 g/mol.